The second-order valence-corrected chi connectivity index (χ2v) is 11.2. The number of piperidine rings is 2. The third kappa shape index (κ3) is 6.88. The van der Waals surface area contributed by atoms with Gasteiger partial charge in [-0.1, -0.05) is 49.2 Å². The molecule has 2 aliphatic heterocycles. The van der Waals surface area contributed by atoms with E-state index in [0.29, 0.717) is 30.8 Å². The quantitative estimate of drug-likeness (QED) is 0.636. The largest absolute Gasteiger partial charge is 0.348 e. The molecule has 0 saturated carbocycles. The van der Waals surface area contributed by atoms with Crippen molar-refractivity contribution in [2.24, 2.45) is 0 Å². The van der Waals surface area contributed by atoms with Gasteiger partial charge in [0.25, 0.3) is 5.91 Å². The van der Waals surface area contributed by atoms with Crippen molar-refractivity contribution in [2.75, 3.05) is 26.2 Å². The Labute approximate surface area is 198 Å². The maximum absolute atomic E-state index is 12.6. The van der Waals surface area contributed by atoms with E-state index in [-0.39, 0.29) is 11.7 Å². The van der Waals surface area contributed by atoms with Crippen molar-refractivity contribution in [3.05, 3.63) is 70.8 Å². The lowest BCUT2D eigenvalue weighted by Gasteiger charge is -2.26. The molecule has 7 heteroatoms. The summed E-state index contributed by atoms with van der Waals surface area (Å²) in [7, 11) is -3.30. The molecular weight excluding hydrogens is 434 g/mol. The van der Waals surface area contributed by atoms with Crippen LogP contribution in [0.5, 0.6) is 0 Å². The number of nitrogens with zero attached hydrogens (tertiary/aromatic N) is 2. The predicted molar refractivity (Wildman–Crippen MR) is 131 cm³/mol. The first-order chi connectivity index (χ1) is 16.0. The average molecular weight is 470 g/mol. The zero-order valence-corrected chi connectivity index (χ0v) is 20.2. The number of likely N-dealkylation sites (tertiary alicyclic amines) is 1. The lowest BCUT2D eigenvalue weighted by molar-refractivity contribution is 0.0951. The summed E-state index contributed by atoms with van der Waals surface area (Å²) in [6, 6.07) is 15.3. The minimum absolute atomic E-state index is 0.0152. The van der Waals surface area contributed by atoms with Gasteiger partial charge in [-0.15, -0.1) is 0 Å². The minimum atomic E-state index is -3.30. The van der Waals surface area contributed by atoms with Crippen molar-refractivity contribution in [3.8, 4) is 0 Å². The van der Waals surface area contributed by atoms with Crippen LogP contribution in [0.2, 0.25) is 0 Å². The van der Waals surface area contributed by atoms with Gasteiger partial charge in [0.1, 0.15) is 0 Å². The van der Waals surface area contributed by atoms with E-state index in [2.05, 4.69) is 34.5 Å². The fourth-order valence-corrected chi connectivity index (χ4v) is 6.23. The Bertz CT molecular complexity index is 1010. The van der Waals surface area contributed by atoms with Crippen molar-refractivity contribution in [1.82, 2.24) is 14.5 Å². The van der Waals surface area contributed by atoms with Crippen LogP contribution in [0, 0.1) is 0 Å². The van der Waals surface area contributed by atoms with Crippen molar-refractivity contribution in [1.29, 1.82) is 0 Å². The smallest absolute Gasteiger partial charge is 0.251 e. The van der Waals surface area contributed by atoms with Gasteiger partial charge in [0.05, 0.1) is 5.75 Å². The Balaban J connectivity index is 1.26. The van der Waals surface area contributed by atoms with Gasteiger partial charge in [0.2, 0.25) is 10.0 Å². The molecule has 2 heterocycles. The molecule has 1 amide bonds. The molecule has 0 aliphatic carbocycles. The van der Waals surface area contributed by atoms with E-state index >= 15 is 0 Å². The number of rotatable bonds is 8. The highest BCUT2D eigenvalue weighted by Gasteiger charge is 2.24. The van der Waals surface area contributed by atoms with E-state index in [0.717, 1.165) is 31.4 Å². The number of carbonyl (C=O) groups is 1. The molecule has 2 aromatic carbocycles. The SMILES string of the molecule is O=C(NCc1ccc(CN2CCCCC2)cc1)c1ccc(CS(=O)(=O)N2CCCCC2)cc1. The second kappa shape index (κ2) is 11.3. The summed E-state index contributed by atoms with van der Waals surface area (Å²) in [6.07, 6.45) is 6.88. The van der Waals surface area contributed by atoms with Gasteiger partial charge in [-0.05, 0) is 67.6 Å². The second-order valence-electron chi connectivity index (χ2n) is 9.25. The van der Waals surface area contributed by atoms with Gasteiger partial charge < -0.3 is 5.32 Å². The zero-order chi connectivity index (χ0) is 23.1. The van der Waals surface area contributed by atoms with Gasteiger partial charge in [-0.3, -0.25) is 9.69 Å². The Kier molecular flexibility index (Phi) is 8.17. The summed E-state index contributed by atoms with van der Waals surface area (Å²) in [5.41, 5.74) is 3.62. The minimum Gasteiger partial charge on any atom is -0.348 e. The van der Waals surface area contributed by atoms with Crippen LogP contribution in [-0.4, -0.2) is 49.7 Å². The first-order valence-corrected chi connectivity index (χ1v) is 13.8. The van der Waals surface area contributed by atoms with Gasteiger partial charge in [-0.25, -0.2) is 12.7 Å². The molecule has 4 rings (SSSR count). The van der Waals surface area contributed by atoms with Crippen molar-refractivity contribution in [2.45, 2.75) is 57.4 Å². The Morgan fingerprint density at radius 1 is 0.727 bits per heavy atom. The fraction of sp³-hybridized carbons (Fsp3) is 0.500. The maximum Gasteiger partial charge on any atom is 0.251 e. The van der Waals surface area contributed by atoms with E-state index in [1.807, 2.05) is 0 Å². The van der Waals surface area contributed by atoms with Gasteiger partial charge >= 0.3 is 0 Å². The van der Waals surface area contributed by atoms with Crippen LogP contribution in [0.1, 0.15) is 65.6 Å². The highest BCUT2D eigenvalue weighted by atomic mass is 32.2. The number of hydrogen-bond donors (Lipinski definition) is 1. The molecule has 0 atom stereocenters. The molecule has 2 aliphatic rings. The van der Waals surface area contributed by atoms with Crippen LogP contribution >= 0.6 is 0 Å². The third-order valence-electron chi connectivity index (χ3n) is 6.60. The highest BCUT2D eigenvalue weighted by molar-refractivity contribution is 7.88. The number of hydrogen-bond acceptors (Lipinski definition) is 4. The Morgan fingerprint density at radius 2 is 1.27 bits per heavy atom. The zero-order valence-electron chi connectivity index (χ0n) is 19.3. The molecule has 2 fully saturated rings. The van der Waals surface area contributed by atoms with Crippen LogP contribution in [-0.2, 0) is 28.9 Å². The molecule has 0 aromatic heterocycles. The number of sulfonamides is 1. The fourth-order valence-electron chi connectivity index (χ4n) is 4.62. The normalized spacial score (nSPS) is 18.2. The van der Waals surface area contributed by atoms with Crippen molar-refractivity contribution in [3.63, 3.8) is 0 Å². The molecule has 2 aromatic rings. The molecule has 0 unspecified atom stereocenters. The van der Waals surface area contributed by atoms with Crippen LogP contribution in [0.4, 0.5) is 0 Å². The summed E-state index contributed by atoms with van der Waals surface area (Å²) >= 11 is 0. The number of benzene rings is 2. The third-order valence-corrected chi connectivity index (χ3v) is 8.45. The van der Waals surface area contributed by atoms with E-state index < -0.39 is 10.0 Å². The number of carbonyl (C=O) groups excluding carboxylic acids is 1. The topological polar surface area (TPSA) is 69.7 Å². The molecule has 1 N–H and O–H groups in total. The Hall–Kier alpha value is -2.22. The van der Waals surface area contributed by atoms with Gasteiger partial charge in [0, 0.05) is 31.7 Å². The van der Waals surface area contributed by atoms with Crippen LogP contribution in [0.3, 0.4) is 0 Å². The van der Waals surface area contributed by atoms with Crippen LogP contribution in [0.15, 0.2) is 48.5 Å². The summed E-state index contributed by atoms with van der Waals surface area (Å²) in [5.74, 6) is -0.170. The first kappa shape index (κ1) is 23.9. The van der Waals surface area contributed by atoms with E-state index in [9.17, 15) is 13.2 Å². The number of nitrogens with one attached hydrogen (secondary N) is 1. The summed E-state index contributed by atoms with van der Waals surface area (Å²) in [4.78, 5) is 15.0. The van der Waals surface area contributed by atoms with Gasteiger partial charge in [-0.2, -0.15) is 0 Å². The lowest BCUT2D eigenvalue weighted by Crippen LogP contribution is -2.36. The summed E-state index contributed by atoms with van der Waals surface area (Å²) in [5, 5.41) is 2.96. The molecule has 0 radical (unpaired) electrons. The van der Waals surface area contributed by atoms with Gasteiger partial charge in [0.15, 0.2) is 0 Å². The number of amides is 1. The molecule has 6 nitrogen and oxygen atoms in total. The first-order valence-electron chi connectivity index (χ1n) is 12.1. The summed E-state index contributed by atoms with van der Waals surface area (Å²) < 4.78 is 26.8. The molecule has 2 saturated heterocycles. The molecule has 0 spiro atoms. The van der Waals surface area contributed by atoms with Crippen molar-refractivity contribution < 1.29 is 13.2 Å². The van der Waals surface area contributed by atoms with E-state index in [4.69, 9.17) is 0 Å². The molecule has 178 valence electrons. The van der Waals surface area contributed by atoms with E-state index in [1.54, 1.807) is 28.6 Å². The average Bonchev–Trinajstić information content (AvgIpc) is 2.85. The van der Waals surface area contributed by atoms with E-state index in [1.165, 1.54) is 37.9 Å². The van der Waals surface area contributed by atoms with Crippen molar-refractivity contribution >= 4 is 15.9 Å². The Morgan fingerprint density at radius 3 is 1.91 bits per heavy atom. The molecule has 0 bridgehead atoms. The molecule has 33 heavy (non-hydrogen) atoms. The molecular formula is C26H35N3O3S. The van der Waals surface area contributed by atoms with Crippen LogP contribution < -0.4 is 5.32 Å². The lowest BCUT2D eigenvalue weighted by atomic mass is 10.1. The van der Waals surface area contributed by atoms with Crippen LogP contribution in [0.25, 0.3) is 0 Å². The predicted octanol–water partition coefficient (Wildman–Crippen LogP) is 3.92. The summed E-state index contributed by atoms with van der Waals surface area (Å²) in [6.45, 7) is 5.05. The standard InChI is InChI=1S/C26H35N3O3S/c30-26(27-19-22-7-9-23(10-8-22)20-28-15-3-1-4-16-28)25-13-11-24(12-14-25)21-33(31,32)29-17-5-2-6-18-29/h7-14H,1-6,15-21H2,(H,27,30). The maximum atomic E-state index is 12.6. The monoisotopic (exact) mass is 469 g/mol. The highest BCUT2D eigenvalue weighted by Crippen LogP contribution is 2.18.